The molecule has 0 amide bonds. The van der Waals surface area contributed by atoms with Gasteiger partial charge >= 0.3 is 0 Å². The first kappa shape index (κ1) is 22.1. The number of nitrogens with zero attached hydrogens (tertiary/aromatic N) is 4. The third-order valence-electron chi connectivity index (χ3n) is 6.15. The highest BCUT2D eigenvalue weighted by atomic mass is 79.9. The molecule has 1 aliphatic rings. The molecule has 1 aromatic heterocycles. The van der Waals surface area contributed by atoms with Crippen LogP contribution in [0, 0.1) is 0 Å². The van der Waals surface area contributed by atoms with Crippen LogP contribution in [-0.4, -0.2) is 15.7 Å². The van der Waals surface area contributed by atoms with Gasteiger partial charge in [0.1, 0.15) is 0 Å². The van der Waals surface area contributed by atoms with E-state index in [0.29, 0.717) is 5.95 Å². The van der Waals surface area contributed by atoms with Crippen molar-refractivity contribution in [3.8, 4) is 11.3 Å². The van der Waals surface area contributed by atoms with Gasteiger partial charge in [0, 0.05) is 26.3 Å². The van der Waals surface area contributed by atoms with Crippen molar-refractivity contribution in [1.29, 1.82) is 0 Å². The lowest BCUT2D eigenvalue weighted by molar-refractivity contribution is 0.688. The molecular weight excluding hydrogens is 564 g/mol. The van der Waals surface area contributed by atoms with E-state index in [-0.39, 0.29) is 6.04 Å². The van der Waals surface area contributed by atoms with E-state index in [1.54, 1.807) is 0 Å². The highest BCUT2D eigenvalue weighted by molar-refractivity contribution is 9.10. The number of hydrogen-bond acceptors (Lipinski definition) is 4. The fourth-order valence-corrected chi connectivity index (χ4v) is 5.31. The van der Waals surface area contributed by atoms with E-state index >= 15 is 0 Å². The standard InChI is InChI=1S/C29H20Br2N4/c30-22-12-6-10-20(16-22)26-18-27(21-11-7-13-23(31)17-21)35(34-26)29-32-25-15-5-4-14-24(25)28(33-29)19-8-2-1-3-9-19/h1-17,27H,18H2/t27-/m0/s1. The maximum Gasteiger partial charge on any atom is 0.247 e. The Kier molecular flexibility index (Phi) is 5.92. The topological polar surface area (TPSA) is 41.4 Å². The summed E-state index contributed by atoms with van der Waals surface area (Å²) in [5.41, 5.74) is 6.12. The van der Waals surface area contributed by atoms with Crippen molar-refractivity contribution >= 4 is 54.4 Å². The Morgan fingerprint density at radius 1 is 0.686 bits per heavy atom. The number of rotatable bonds is 4. The molecular formula is C29H20Br2N4. The summed E-state index contributed by atoms with van der Waals surface area (Å²) in [5.74, 6) is 0.595. The molecule has 1 aliphatic heterocycles. The number of benzene rings is 4. The van der Waals surface area contributed by atoms with Crippen LogP contribution in [0.1, 0.15) is 23.6 Å². The van der Waals surface area contributed by atoms with Gasteiger partial charge in [-0.1, -0.05) is 105 Å². The molecule has 0 saturated carbocycles. The second-order valence-electron chi connectivity index (χ2n) is 8.43. The summed E-state index contributed by atoms with van der Waals surface area (Å²) in [6.45, 7) is 0. The lowest BCUT2D eigenvalue weighted by atomic mass is 9.98. The van der Waals surface area contributed by atoms with Gasteiger partial charge in [-0.3, -0.25) is 0 Å². The van der Waals surface area contributed by atoms with Crippen LogP contribution in [0.3, 0.4) is 0 Å². The predicted molar refractivity (Wildman–Crippen MR) is 150 cm³/mol. The Balaban J connectivity index is 1.54. The average molecular weight is 584 g/mol. The minimum absolute atomic E-state index is 0.0220. The number of hydrazone groups is 1. The highest BCUT2D eigenvalue weighted by Gasteiger charge is 2.32. The van der Waals surface area contributed by atoms with Crippen LogP contribution in [-0.2, 0) is 0 Å². The summed E-state index contributed by atoms with van der Waals surface area (Å²) < 4.78 is 2.07. The van der Waals surface area contributed by atoms with Crippen LogP contribution in [0.4, 0.5) is 5.95 Å². The zero-order chi connectivity index (χ0) is 23.8. The summed E-state index contributed by atoms with van der Waals surface area (Å²) in [6.07, 6.45) is 0.754. The van der Waals surface area contributed by atoms with E-state index in [2.05, 4.69) is 80.4 Å². The molecule has 0 spiro atoms. The molecule has 0 saturated heterocycles. The zero-order valence-corrected chi connectivity index (χ0v) is 21.8. The lowest BCUT2D eigenvalue weighted by Crippen LogP contribution is -2.21. The average Bonchev–Trinajstić information content (AvgIpc) is 3.34. The minimum atomic E-state index is -0.0220. The van der Waals surface area contributed by atoms with Crippen LogP contribution < -0.4 is 5.01 Å². The molecule has 35 heavy (non-hydrogen) atoms. The normalized spacial score (nSPS) is 15.4. The SMILES string of the molecule is Brc1cccc(C2=NN(c3nc(-c4ccccc4)c4ccccc4n3)[C@H](c3cccc(Br)c3)C2)c1. The molecule has 0 N–H and O–H groups in total. The fraction of sp³-hybridized carbons (Fsp3) is 0.0690. The molecule has 4 nitrogen and oxygen atoms in total. The second kappa shape index (κ2) is 9.36. The number of aromatic nitrogens is 2. The van der Waals surface area contributed by atoms with Crippen molar-refractivity contribution in [1.82, 2.24) is 9.97 Å². The smallest absolute Gasteiger partial charge is 0.223 e. The Morgan fingerprint density at radius 2 is 1.40 bits per heavy atom. The number of para-hydroxylation sites is 1. The fourth-order valence-electron chi connectivity index (χ4n) is 4.49. The van der Waals surface area contributed by atoms with Crippen molar-refractivity contribution in [2.24, 2.45) is 5.10 Å². The van der Waals surface area contributed by atoms with Crippen molar-refractivity contribution in [3.63, 3.8) is 0 Å². The third kappa shape index (κ3) is 4.40. The molecule has 0 radical (unpaired) electrons. The van der Waals surface area contributed by atoms with Crippen LogP contribution >= 0.6 is 31.9 Å². The van der Waals surface area contributed by atoms with Gasteiger partial charge in [0.25, 0.3) is 0 Å². The van der Waals surface area contributed by atoms with Gasteiger partial charge in [-0.15, -0.1) is 0 Å². The first-order valence-electron chi connectivity index (χ1n) is 11.4. The van der Waals surface area contributed by atoms with E-state index in [9.17, 15) is 0 Å². The lowest BCUT2D eigenvalue weighted by Gasteiger charge is -2.23. The Labute approximate surface area is 220 Å². The quantitative estimate of drug-likeness (QED) is 0.214. The molecule has 6 heteroatoms. The maximum atomic E-state index is 5.09. The Hall–Kier alpha value is -3.35. The molecule has 2 heterocycles. The van der Waals surface area contributed by atoms with Gasteiger partial charge in [-0.2, -0.15) is 5.10 Å². The zero-order valence-electron chi connectivity index (χ0n) is 18.6. The van der Waals surface area contributed by atoms with Gasteiger partial charge < -0.3 is 0 Å². The van der Waals surface area contributed by atoms with Crippen molar-refractivity contribution in [3.05, 3.63) is 123 Å². The van der Waals surface area contributed by atoms with Crippen LogP contribution in [0.2, 0.25) is 0 Å². The van der Waals surface area contributed by atoms with Gasteiger partial charge in [0.2, 0.25) is 5.95 Å². The van der Waals surface area contributed by atoms with Gasteiger partial charge in [-0.25, -0.2) is 15.0 Å². The largest absolute Gasteiger partial charge is 0.247 e. The molecule has 1 atom stereocenters. The summed E-state index contributed by atoms with van der Waals surface area (Å²) in [4.78, 5) is 10.1. The van der Waals surface area contributed by atoms with Crippen LogP contribution in [0.25, 0.3) is 22.2 Å². The summed E-state index contributed by atoms with van der Waals surface area (Å²) in [6, 6.07) is 35.1. The molecule has 5 aromatic rings. The molecule has 6 rings (SSSR count). The number of hydrogen-bond donors (Lipinski definition) is 0. The van der Waals surface area contributed by atoms with Gasteiger partial charge in [-0.05, 0) is 41.5 Å². The number of halogens is 2. The highest BCUT2D eigenvalue weighted by Crippen LogP contribution is 2.38. The van der Waals surface area contributed by atoms with Crippen molar-refractivity contribution < 1.29 is 0 Å². The van der Waals surface area contributed by atoms with Crippen molar-refractivity contribution in [2.45, 2.75) is 12.5 Å². The van der Waals surface area contributed by atoms with Crippen LogP contribution in [0.5, 0.6) is 0 Å². The number of anilines is 1. The van der Waals surface area contributed by atoms with E-state index in [0.717, 1.165) is 54.4 Å². The molecule has 0 fully saturated rings. The monoisotopic (exact) mass is 582 g/mol. The third-order valence-corrected chi connectivity index (χ3v) is 7.13. The van der Waals surface area contributed by atoms with E-state index < -0.39 is 0 Å². The predicted octanol–water partition coefficient (Wildman–Crippen LogP) is 8.18. The minimum Gasteiger partial charge on any atom is -0.223 e. The summed E-state index contributed by atoms with van der Waals surface area (Å²) in [7, 11) is 0. The number of fused-ring (bicyclic) bond motifs is 1. The van der Waals surface area contributed by atoms with E-state index in [1.165, 1.54) is 0 Å². The molecule has 0 aliphatic carbocycles. The van der Waals surface area contributed by atoms with Gasteiger partial charge in [0.05, 0.1) is 23.0 Å². The maximum absolute atomic E-state index is 5.09. The second-order valence-corrected chi connectivity index (χ2v) is 10.3. The molecule has 170 valence electrons. The van der Waals surface area contributed by atoms with E-state index in [1.807, 2.05) is 59.6 Å². The van der Waals surface area contributed by atoms with E-state index in [4.69, 9.17) is 15.1 Å². The summed E-state index contributed by atoms with van der Waals surface area (Å²) >= 11 is 7.24. The first-order valence-corrected chi connectivity index (χ1v) is 12.9. The Bertz CT molecular complexity index is 1570. The van der Waals surface area contributed by atoms with Crippen molar-refractivity contribution in [2.75, 3.05) is 5.01 Å². The Morgan fingerprint density at radius 3 is 2.20 bits per heavy atom. The van der Waals surface area contributed by atoms with Crippen LogP contribution in [0.15, 0.2) is 117 Å². The molecule has 4 aromatic carbocycles. The first-order chi connectivity index (χ1) is 17.2. The molecule has 0 bridgehead atoms. The molecule has 0 unspecified atom stereocenters. The summed E-state index contributed by atoms with van der Waals surface area (Å²) in [5, 5.41) is 8.10. The van der Waals surface area contributed by atoms with Gasteiger partial charge in [0.15, 0.2) is 0 Å².